The number of carbonyl (C=O) groups is 1. The first-order valence-electron chi connectivity index (χ1n) is 5.60. The van der Waals surface area contributed by atoms with E-state index in [1.54, 1.807) is 12.1 Å². The minimum atomic E-state index is -0.507. The third kappa shape index (κ3) is 4.43. The van der Waals surface area contributed by atoms with Gasteiger partial charge in [-0.1, -0.05) is 12.1 Å². The summed E-state index contributed by atoms with van der Waals surface area (Å²) < 4.78 is 19.2. The minimum absolute atomic E-state index is 0.0359. The van der Waals surface area contributed by atoms with Crippen molar-refractivity contribution in [2.24, 2.45) is 5.10 Å². The largest absolute Gasteiger partial charge is 0.481 e. The maximum Gasteiger partial charge on any atom is 0.277 e. The van der Waals surface area contributed by atoms with Crippen molar-refractivity contribution in [2.45, 2.75) is 0 Å². The van der Waals surface area contributed by atoms with Crippen LogP contribution in [0.2, 0.25) is 0 Å². The summed E-state index contributed by atoms with van der Waals surface area (Å²) in [6.45, 7) is -0.299. The van der Waals surface area contributed by atoms with Gasteiger partial charge in [-0.05, 0) is 40.2 Å². The Morgan fingerprint density at radius 2 is 2.20 bits per heavy atom. The molecule has 1 aromatic carbocycles. The number of benzene rings is 1. The van der Waals surface area contributed by atoms with Crippen molar-refractivity contribution in [1.82, 2.24) is 5.43 Å². The number of thiophene rings is 1. The van der Waals surface area contributed by atoms with Crippen LogP contribution in [0.1, 0.15) is 4.88 Å². The van der Waals surface area contributed by atoms with Crippen LogP contribution >= 0.6 is 27.3 Å². The fourth-order valence-electron chi connectivity index (χ4n) is 1.30. The zero-order chi connectivity index (χ0) is 14.4. The first kappa shape index (κ1) is 14.7. The fraction of sp³-hybridized carbons (Fsp3) is 0.0769. The van der Waals surface area contributed by atoms with E-state index in [0.29, 0.717) is 0 Å². The molecule has 0 fully saturated rings. The van der Waals surface area contributed by atoms with Crippen LogP contribution in [0.5, 0.6) is 5.75 Å². The van der Waals surface area contributed by atoms with E-state index in [1.165, 1.54) is 29.7 Å². The van der Waals surface area contributed by atoms with Crippen LogP contribution < -0.4 is 10.2 Å². The number of para-hydroxylation sites is 1. The van der Waals surface area contributed by atoms with E-state index >= 15 is 0 Å². The van der Waals surface area contributed by atoms with Gasteiger partial charge in [-0.15, -0.1) is 11.3 Å². The number of amides is 1. The van der Waals surface area contributed by atoms with Crippen LogP contribution in [0.4, 0.5) is 4.39 Å². The van der Waals surface area contributed by atoms with Gasteiger partial charge in [-0.2, -0.15) is 5.10 Å². The average Bonchev–Trinajstić information content (AvgIpc) is 2.83. The molecular formula is C13H10BrFN2O2S. The first-order chi connectivity index (χ1) is 9.65. The van der Waals surface area contributed by atoms with Crippen LogP contribution in [-0.2, 0) is 4.79 Å². The molecule has 4 nitrogen and oxygen atoms in total. The van der Waals surface area contributed by atoms with Crippen LogP contribution in [-0.4, -0.2) is 18.7 Å². The predicted octanol–water partition coefficient (Wildman–Crippen LogP) is 3.18. The molecule has 2 aromatic rings. The lowest BCUT2D eigenvalue weighted by Gasteiger charge is -2.05. The lowest BCUT2D eigenvalue weighted by Crippen LogP contribution is -2.24. The summed E-state index contributed by atoms with van der Waals surface area (Å²) in [7, 11) is 0. The van der Waals surface area contributed by atoms with Crippen LogP contribution in [0.25, 0.3) is 0 Å². The summed E-state index contributed by atoms with van der Waals surface area (Å²) in [5.41, 5.74) is 2.30. The van der Waals surface area contributed by atoms with Crippen LogP contribution in [0, 0.1) is 5.82 Å². The van der Waals surface area contributed by atoms with Gasteiger partial charge >= 0.3 is 0 Å². The van der Waals surface area contributed by atoms with Crippen LogP contribution in [0.15, 0.2) is 45.3 Å². The zero-order valence-corrected chi connectivity index (χ0v) is 12.6. The van der Waals surface area contributed by atoms with E-state index in [9.17, 15) is 9.18 Å². The third-order valence-electron chi connectivity index (χ3n) is 2.17. The summed E-state index contributed by atoms with van der Waals surface area (Å²) in [5.74, 6) is -0.929. The first-order valence-corrected chi connectivity index (χ1v) is 7.20. The summed E-state index contributed by atoms with van der Waals surface area (Å²) in [6.07, 6.45) is 1.52. The number of nitrogens with one attached hydrogen (secondary N) is 1. The highest BCUT2D eigenvalue weighted by atomic mass is 79.9. The maximum absolute atomic E-state index is 13.2. The number of hydrazone groups is 1. The Balaban J connectivity index is 1.78. The number of carbonyl (C=O) groups excluding carboxylic acids is 1. The molecule has 0 unspecified atom stereocenters. The Kier molecular flexibility index (Phi) is 5.25. The second-order valence-corrected chi connectivity index (χ2v) is 6.15. The molecular weight excluding hydrogens is 347 g/mol. The molecule has 7 heteroatoms. The van der Waals surface area contributed by atoms with E-state index in [4.69, 9.17) is 4.74 Å². The van der Waals surface area contributed by atoms with E-state index in [-0.39, 0.29) is 12.4 Å². The summed E-state index contributed by atoms with van der Waals surface area (Å²) in [6, 6.07) is 9.64. The Hall–Kier alpha value is -1.73. The number of ether oxygens (including phenoxy) is 1. The predicted molar refractivity (Wildman–Crippen MR) is 79.7 cm³/mol. The number of rotatable bonds is 5. The molecule has 1 heterocycles. The molecule has 0 spiro atoms. The highest BCUT2D eigenvalue weighted by Gasteiger charge is 2.05. The number of hydrogen-bond acceptors (Lipinski definition) is 4. The number of nitrogens with zero attached hydrogens (tertiary/aromatic N) is 1. The van der Waals surface area contributed by atoms with Crippen molar-refractivity contribution in [3.63, 3.8) is 0 Å². The van der Waals surface area contributed by atoms with E-state index < -0.39 is 11.7 Å². The Morgan fingerprint density at radius 3 is 2.90 bits per heavy atom. The molecule has 20 heavy (non-hydrogen) atoms. The van der Waals surface area contributed by atoms with Gasteiger partial charge in [0.1, 0.15) is 0 Å². The standard InChI is InChI=1S/C13H10BrFN2O2S/c14-12-6-5-9(20-12)7-16-17-13(18)8-19-11-4-2-1-3-10(11)15/h1-7H,8H2,(H,17,18)/b16-7-. The minimum Gasteiger partial charge on any atom is -0.481 e. The Morgan fingerprint density at radius 1 is 1.40 bits per heavy atom. The van der Waals surface area contributed by atoms with E-state index in [0.717, 1.165) is 8.66 Å². The summed E-state index contributed by atoms with van der Waals surface area (Å²) >= 11 is 4.81. The molecule has 0 aliphatic carbocycles. The van der Waals surface area contributed by atoms with Crippen molar-refractivity contribution in [3.8, 4) is 5.75 Å². The zero-order valence-electron chi connectivity index (χ0n) is 10.2. The maximum atomic E-state index is 13.2. The molecule has 1 aromatic heterocycles. The molecule has 2 rings (SSSR count). The molecule has 0 aliphatic heterocycles. The van der Waals surface area contributed by atoms with Crippen molar-refractivity contribution >= 4 is 39.4 Å². The monoisotopic (exact) mass is 356 g/mol. The van der Waals surface area contributed by atoms with E-state index in [1.807, 2.05) is 12.1 Å². The Bertz CT molecular complexity index is 630. The van der Waals surface area contributed by atoms with Gasteiger partial charge in [0, 0.05) is 4.88 Å². The molecule has 0 atom stereocenters. The highest BCUT2D eigenvalue weighted by molar-refractivity contribution is 9.11. The fourth-order valence-corrected chi connectivity index (χ4v) is 2.60. The quantitative estimate of drug-likeness (QED) is 0.660. The molecule has 1 N–H and O–H groups in total. The highest BCUT2D eigenvalue weighted by Crippen LogP contribution is 2.20. The average molecular weight is 357 g/mol. The third-order valence-corrected chi connectivity index (χ3v) is 3.73. The molecule has 1 amide bonds. The Labute approximate surface area is 127 Å². The molecule has 0 bridgehead atoms. The van der Waals surface area contributed by atoms with E-state index in [2.05, 4.69) is 26.5 Å². The van der Waals surface area contributed by atoms with Crippen molar-refractivity contribution in [2.75, 3.05) is 6.61 Å². The van der Waals surface area contributed by atoms with Crippen molar-refractivity contribution in [1.29, 1.82) is 0 Å². The summed E-state index contributed by atoms with van der Waals surface area (Å²) in [4.78, 5) is 12.3. The SMILES string of the molecule is O=C(COc1ccccc1F)N/N=C\c1ccc(Br)s1. The molecule has 0 saturated heterocycles. The molecule has 0 radical (unpaired) electrons. The second-order valence-electron chi connectivity index (χ2n) is 3.65. The van der Waals surface area contributed by atoms with Gasteiger partial charge in [0.05, 0.1) is 10.0 Å². The summed E-state index contributed by atoms with van der Waals surface area (Å²) in [5, 5.41) is 3.78. The van der Waals surface area contributed by atoms with Crippen molar-refractivity contribution < 1.29 is 13.9 Å². The van der Waals surface area contributed by atoms with Gasteiger partial charge < -0.3 is 4.74 Å². The lowest BCUT2D eigenvalue weighted by atomic mass is 10.3. The topological polar surface area (TPSA) is 50.7 Å². The van der Waals surface area contributed by atoms with Crippen LogP contribution in [0.3, 0.4) is 0 Å². The number of hydrogen-bond donors (Lipinski definition) is 1. The smallest absolute Gasteiger partial charge is 0.277 e. The van der Waals surface area contributed by atoms with Gasteiger partial charge in [0.25, 0.3) is 5.91 Å². The second kappa shape index (κ2) is 7.16. The lowest BCUT2D eigenvalue weighted by molar-refractivity contribution is -0.123. The van der Waals surface area contributed by atoms with Crippen molar-refractivity contribution in [3.05, 3.63) is 50.9 Å². The van der Waals surface area contributed by atoms with Gasteiger partial charge in [-0.25, -0.2) is 9.82 Å². The van der Waals surface area contributed by atoms with Gasteiger partial charge in [0.2, 0.25) is 0 Å². The van der Waals surface area contributed by atoms with Gasteiger partial charge in [0.15, 0.2) is 18.2 Å². The number of halogens is 2. The molecule has 104 valence electrons. The molecule has 0 aliphatic rings. The normalized spacial score (nSPS) is 10.7. The molecule has 0 saturated carbocycles. The van der Waals surface area contributed by atoms with Gasteiger partial charge in [-0.3, -0.25) is 4.79 Å².